The molecule has 1 aliphatic rings. The third-order valence-electron chi connectivity index (χ3n) is 4.21. The molecule has 1 aromatic heterocycles. The minimum Gasteiger partial charge on any atom is -0.345 e. The lowest BCUT2D eigenvalue weighted by Gasteiger charge is -2.12. The van der Waals surface area contributed by atoms with Gasteiger partial charge in [-0.05, 0) is 38.3 Å². The summed E-state index contributed by atoms with van der Waals surface area (Å²) in [6, 6.07) is 0.787. The van der Waals surface area contributed by atoms with Gasteiger partial charge in [-0.25, -0.2) is 4.79 Å². The first kappa shape index (κ1) is 18.3. The van der Waals surface area contributed by atoms with Crippen molar-refractivity contribution >= 4 is 29.5 Å². The van der Waals surface area contributed by atoms with E-state index >= 15 is 0 Å². The molecule has 6 nitrogen and oxygen atoms in total. The van der Waals surface area contributed by atoms with Crippen molar-refractivity contribution in [1.29, 1.82) is 0 Å². The molecule has 2 rings (SSSR count). The van der Waals surface area contributed by atoms with Gasteiger partial charge in [0.1, 0.15) is 6.04 Å². The predicted molar refractivity (Wildman–Crippen MR) is 95.5 cm³/mol. The van der Waals surface area contributed by atoms with Crippen molar-refractivity contribution in [1.82, 2.24) is 14.8 Å². The molecule has 0 unspecified atom stereocenters. The van der Waals surface area contributed by atoms with Gasteiger partial charge >= 0.3 is 6.03 Å². The van der Waals surface area contributed by atoms with Gasteiger partial charge in [-0.3, -0.25) is 14.5 Å². The molecule has 0 aromatic carbocycles. The number of rotatable bonds is 8. The van der Waals surface area contributed by atoms with E-state index in [1.807, 2.05) is 24.7 Å². The second-order valence-corrected chi connectivity index (χ2v) is 6.80. The summed E-state index contributed by atoms with van der Waals surface area (Å²) in [5.74, 6) is 0.232. The van der Waals surface area contributed by atoms with Crippen molar-refractivity contribution < 1.29 is 14.4 Å². The molecule has 3 amide bonds. The lowest BCUT2D eigenvalue weighted by atomic mass is 10.1. The second-order valence-electron chi connectivity index (χ2n) is 5.82. The first-order valence-electron chi connectivity index (χ1n) is 7.82. The van der Waals surface area contributed by atoms with E-state index in [4.69, 9.17) is 0 Å². The largest absolute Gasteiger partial charge is 0.345 e. The van der Waals surface area contributed by atoms with Gasteiger partial charge in [0, 0.05) is 23.5 Å². The molecule has 1 fully saturated rings. The smallest absolute Gasteiger partial charge is 0.325 e. The summed E-state index contributed by atoms with van der Waals surface area (Å²) >= 11 is 1.61. The molecular formula is C17H23N3O3S. The Morgan fingerprint density at radius 2 is 2.12 bits per heavy atom. The number of allylic oxidation sites excluding steroid dienone is 1. The maximum absolute atomic E-state index is 12.6. The van der Waals surface area contributed by atoms with Crippen LogP contribution in [0.2, 0.25) is 0 Å². The normalized spacial score (nSPS) is 17.3. The van der Waals surface area contributed by atoms with E-state index in [1.54, 1.807) is 23.9 Å². The number of nitrogens with one attached hydrogen (secondary N) is 1. The van der Waals surface area contributed by atoms with E-state index in [-0.39, 0.29) is 18.2 Å². The molecule has 1 atom stereocenters. The van der Waals surface area contributed by atoms with Gasteiger partial charge in [0.15, 0.2) is 5.78 Å². The minimum atomic E-state index is -0.522. The van der Waals surface area contributed by atoms with E-state index in [1.165, 1.54) is 0 Å². The number of ketones is 1. The van der Waals surface area contributed by atoms with Gasteiger partial charge in [0.2, 0.25) is 0 Å². The molecular weight excluding hydrogens is 326 g/mol. The van der Waals surface area contributed by atoms with Gasteiger partial charge in [-0.15, -0.1) is 6.58 Å². The monoisotopic (exact) mass is 349 g/mol. The summed E-state index contributed by atoms with van der Waals surface area (Å²) in [4.78, 5) is 37.9. The number of hydrogen-bond donors (Lipinski definition) is 1. The number of imide groups is 1. The first-order chi connectivity index (χ1) is 11.4. The number of carbonyl (C=O) groups excluding carboxylic acids is 3. The average molecular weight is 349 g/mol. The molecule has 1 aliphatic heterocycles. The highest BCUT2D eigenvalue weighted by Crippen LogP contribution is 2.18. The molecule has 1 saturated heterocycles. The molecule has 1 aromatic rings. The summed E-state index contributed by atoms with van der Waals surface area (Å²) in [5.41, 5.74) is 2.32. The van der Waals surface area contributed by atoms with Gasteiger partial charge in [0.05, 0.1) is 6.54 Å². The van der Waals surface area contributed by atoms with Crippen LogP contribution in [0.5, 0.6) is 0 Å². The molecule has 0 radical (unpaired) electrons. The highest BCUT2D eigenvalue weighted by molar-refractivity contribution is 7.98. The summed E-state index contributed by atoms with van der Waals surface area (Å²) in [6.07, 6.45) is 4.29. The molecule has 7 heteroatoms. The number of urea groups is 1. The van der Waals surface area contributed by atoms with Crippen molar-refractivity contribution in [3.05, 3.63) is 35.7 Å². The van der Waals surface area contributed by atoms with Crippen LogP contribution in [-0.4, -0.2) is 51.8 Å². The molecule has 130 valence electrons. The molecule has 0 spiro atoms. The average Bonchev–Trinajstić information content (AvgIpc) is 2.97. The number of amides is 3. The zero-order valence-corrected chi connectivity index (χ0v) is 15.1. The van der Waals surface area contributed by atoms with Crippen LogP contribution in [0.3, 0.4) is 0 Å². The minimum absolute atomic E-state index is 0.223. The number of hydrogen-bond acceptors (Lipinski definition) is 4. The fourth-order valence-electron chi connectivity index (χ4n) is 2.88. The van der Waals surface area contributed by atoms with Crippen molar-refractivity contribution in [2.45, 2.75) is 32.9 Å². The van der Waals surface area contributed by atoms with E-state index < -0.39 is 12.1 Å². The van der Waals surface area contributed by atoms with Crippen LogP contribution < -0.4 is 5.32 Å². The lowest BCUT2D eigenvalue weighted by Crippen LogP contribution is -2.36. The number of aryl methyl sites for hydroxylation is 1. The first-order valence-corrected chi connectivity index (χ1v) is 9.21. The molecule has 0 saturated carbocycles. The number of carbonyl (C=O) groups is 3. The maximum atomic E-state index is 12.6. The standard InChI is InChI=1S/C17H23N3O3S/c1-5-7-19-11(2)9-13(12(19)3)15(21)10-20-16(22)14(6-8-24-4)18-17(20)23/h5,9,14H,1,6-8,10H2,2-4H3,(H,18,23)/t14-/m1/s1. The van der Waals surface area contributed by atoms with E-state index in [9.17, 15) is 14.4 Å². The summed E-state index contributed by atoms with van der Waals surface area (Å²) in [5, 5.41) is 2.65. The third kappa shape index (κ3) is 3.56. The Kier molecular flexibility index (Phi) is 5.88. The maximum Gasteiger partial charge on any atom is 0.325 e. The molecule has 0 bridgehead atoms. The number of aromatic nitrogens is 1. The van der Waals surface area contributed by atoms with Crippen LogP contribution in [0, 0.1) is 13.8 Å². The Hall–Kier alpha value is -2.02. The van der Waals surface area contributed by atoms with Gasteiger partial charge in [-0.1, -0.05) is 6.08 Å². The van der Waals surface area contributed by atoms with Crippen LogP contribution in [0.4, 0.5) is 4.79 Å². The van der Waals surface area contributed by atoms with E-state index in [2.05, 4.69) is 11.9 Å². The Labute approximate surface area is 146 Å². The van der Waals surface area contributed by atoms with Crippen molar-refractivity contribution in [2.75, 3.05) is 18.6 Å². The lowest BCUT2D eigenvalue weighted by molar-refractivity contribution is -0.127. The van der Waals surface area contributed by atoms with Crippen LogP contribution in [-0.2, 0) is 11.3 Å². The van der Waals surface area contributed by atoms with Crippen molar-refractivity contribution in [3.63, 3.8) is 0 Å². The zero-order valence-electron chi connectivity index (χ0n) is 14.3. The Morgan fingerprint density at radius 3 is 2.75 bits per heavy atom. The molecule has 2 heterocycles. The second kappa shape index (κ2) is 7.70. The third-order valence-corrected chi connectivity index (χ3v) is 4.85. The summed E-state index contributed by atoms with van der Waals surface area (Å²) in [6.45, 7) is 7.88. The van der Waals surface area contributed by atoms with Crippen LogP contribution in [0.25, 0.3) is 0 Å². The van der Waals surface area contributed by atoms with E-state index in [0.717, 1.165) is 22.0 Å². The number of Topliss-reactive ketones (excluding diaryl/α,β-unsaturated/α-hetero) is 1. The fourth-order valence-corrected chi connectivity index (χ4v) is 3.35. The summed E-state index contributed by atoms with van der Waals surface area (Å²) in [7, 11) is 0. The van der Waals surface area contributed by atoms with Gasteiger partial charge in [-0.2, -0.15) is 11.8 Å². The van der Waals surface area contributed by atoms with E-state index in [0.29, 0.717) is 18.5 Å². The van der Waals surface area contributed by atoms with Crippen molar-refractivity contribution in [3.8, 4) is 0 Å². The predicted octanol–water partition coefficient (Wildman–Crippen LogP) is 2.15. The Bertz CT molecular complexity index is 681. The quantitative estimate of drug-likeness (QED) is 0.443. The summed E-state index contributed by atoms with van der Waals surface area (Å²) < 4.78 is 1.98. The Balaban J connectivity index is 2.12. The molecule has 1 N–H and O–H groups in total. The van der Waals surface area contributed by atoms with Crippen LogP contribution in [0.1, 0.15) is 28.2 Å². The van der Waals surface area contributed by atoms with Crippen LogP contribution in [0.15, 0.2) is 18.7 Å². The molecule has 0 aliphatic carbocycles. The SMILES string of the molecule is C=CCn1c(C)cc(C(=O)CN2C(=O)N[C@H](CCSC)C2=O)c1C. The van der Waals surface area contributed by atoms with Gasteiger partial charge in [0.25, 0.3) is 5.91 Å². The van der Waals surface area contributed by atoms with Crippen LogP contribution >= 0.6 is 11.8 Å². The topological polar surface area (TPSA) is 71.4 Å². The highest BCUT2D eigenvalue weighted by atomic mass is 32.2. The van der Waals surface area contributed by atoms with Crippen molar-refractivity contribution in [2.24, 2.45) is 0 Å². The zero-order chi connectivity index (χ0) is 17.9. The fraction of sp³-hybridized carbons (Fsp3) is 0.471. The highest BCUT2D eigenvalue weighted by Gasteiger charge is 2.38. The van der Waals surface area contributed by atoms with Gasteiger partial charge < -0.3 is 9.88 Å². The molecule has 24 heavy (non-hydrogen) atoms. The number of nitrogens with zero attached hydrogens (tertiary/aromatic N) is 2. The Morgan fingerprint density at radius 1 is 1.42 bits per heavy atom. The number of thioether (sulfide) groups is 1.